The van der Waals surface area contributed by atoms with Crippen LogP contribution in [0.3, 0.4) is 0 Å². The minimum Gasteiger partial charge on any atom is -0.288 e. The quantitative estimate of drug-likeness (QED) is 0.286. The fraction of sp³-hybridized carbons (Fsp3) is 0.0455. The van der Waals surface area contributed by atoms with Crippen molar-refractivity contribution in [2.45, 2.75) is 21.6 Å². The standard InChI is InChI=1S/C22H15NO3S2/c1-14-6-9-16(10-7-14)27-20-11-8-15(12-18(20)23(25)26)13-21-22(24)17-4-2-3-5-19(17)28-21/h2-13H,1H3/b21-13+. The molecule has 0 fully saturated rings. The van der Waals surface area contributed by atoms with Crippen LogP contribution in [0.4, 0.5) is 5.69 Å². The second kappa shape index (κ2) is 7.66. The third kappa shape index (κ3) is 3.74. The van der Waals surface area contributed by atoms with Crippen LogP contribution in [0.15, 0.2) is 86.3 Å². The first-order chi connectivity index (χ1) is 13.5. The number of rotatable bonds is 4. The molecule has 0 aliphatic carbocycles. The maximum atomic E-state index is 12.5. The summed E-state index contributed by atoms with van der Waals surface area (Å²) in [5, 5.41) is 11.6. The molecule has 3 aromatic carbocycles. The zero-order valence-electron chi connectivity index (χ0n) is 14.9. The number of ketones is 1. The average molecular weight is 406 g/mol. The van der Waals surface area contributed by atoms with Gasteiger partial charge in [-0.3, -0.25) is 14.9 Å². The molecule has 28 heavy (non-hydrogen) atoms. The fourth-order valence-corrected chi connectivity index (χ4v) is 4.83. The van der Waals surface area contributed by atoms with Crippen molar-refractivity contribution < 1.29 is 9.72 Å². The first-order valence-electron chi connectivity index (χ1n) is 8.57. The molecule has 6 heteroatoms. The highest BCUT2D eigenvalue weighted by Crippen LogP contribution is 2.41. The Balaban J connectivity index is 1.65. The highest BCUT2D eigenvalue weighted by molar-refractivity contribution is 8.04. The number of nitro groups is 1. The number of Topliss-reactive ketones (excluding diaryl/α,β-unsaturated/α-hetero) is 1. The lowest BCUT2D eigenvalue weighted by Gasteiger charge is -2.05. The first kappa shape index (κ1) is 18.5. The van der Waals surface area contributed by atoms with E-state index in [0.717, 1.165) is 15.4 Å². The molecule has 0 aromatic heterocycles. The molecule has 0 atom stereocenters. The number of carbonyl (C=O) groups is 1. The van der Waals surface area contributed by atoms with Crippen LogP contribution in [-0.2, 0) is 0 Å². The molecule has 0 bridgehead atoms. The van der Waals surface area contributed by atoms with Gasteiger partial charge in [0.25, 0.3) is 5.69 Å². The monoisotopic (exact) mass is 405 g/mol. The summed E-state index contributed by atoms with van der Waals surface area (Å²) >= 11 is 2.76. The van der Waals surface area contributed by atoms with Gasteiger partial charge in [-0.2, -0.15) is 0 Å². The Kier molecular flexibility index (Phi) is 5.07. The van der Waals surface area contributed by atoms with Crippen molar-refractivity contribution in [3.8, 4) is 0 Å². The Bertz CT molecular complexity index is 1120. The zero-order chi connectivity index (χ0) is 19.7. The van der Waals surface area contributed by atoms with E-state index in [1.807, 2.05) is 55.5 Å². The first-order valence-corrected chi connectivity index (χ1v) is 10.2. The molecule has 3 aromatic rings. The van der Waals surface area contributed by atoms with Crippen molar-refractivity contribution in [2.24, 2.45) is 0 Å². The summed E-state index contributed by atoms with van der Waals surface area (Å²) in [6.07, 6.45) is 1.72. The van der Waals surface area contributed by atoms with Crippen LogP contribution >= 0.6 is 23.5 Å². The van der Waals surface area contributed by atoms with Gasteiger partial charge < -0.3 is 0 Å². The van der Waals surface area contributed by atoms with E-state index in [-0.39, 0.29) is 16.4 Å². The van der Waals surface area contributed by atoms with Crippen molar-refractivity contribution in [1.82, 2.24) is 0 Å². The Morgan fingerprint density at radius 2 is 1.79 bits per heavy atom. The van der Waals surface area contributed by atoms with Crippen molar-refractivity contribution in [1.29, 1.82) is 0 Å². The van der Waals surface area contributed by atoms with E-state index in [9.17, 15) is 14.9 Å². The molecule has 0 saturated carbocycles. The normalized spacial score (nSPS) is 14.3. The number of benzene rings is 3. The predicted octanol–water partition coefficient (Wildman–Crippen LogP) is 6.38. The number of fused-ring (bicyclic) bond motifs is 1. The molecule has 4 nitrogen and oxygen atoms in total. The van der Waals surface area contributed by atoms with Crippen molar-refractivity contribution in [2.75, 3.05) is 0 Å². The fourth-order valence-electron chi connectivity index (χ4n) is 2.87. The molecule has 0 unspecified atom stereocenters. The van der Waals surface area contributed by atoms with Gasteiger partial charge in [-0.25, -0.2) is 0 Å². The molecule has 1 aliphatic heterocycles. The molecule has 1 aliphatic rings. The Hall–Kier alpha value is -2.83. The molecule has 4 rings (SSSR count). The van der Waals surface area contributed by atoms with E-state index < -0.39 is 0 Å². The van der Waals surface area contributed by atoms with E-state index >= 15 is 0 Å². The lowest BCUT2D eigenvalue weighted by Crippen LogP contribution is -1.95. The van der Waals surface area contributed by atoms with Gasteiger partial charge in [-0.05, 0) is 48.9 Å². The van der Waals surface area contributed by atoms with Gasteiger partial charge in [0.2, 0.25) is 5.78 Å². The van der Waals surface area contributed by atoms with Crippen LogP contribution in [0.5, 0.6) is 0 Å². The molecule has 0 radical (unpaired) electrons. The molecule has 138 valence electrons. The molecule has 0 spiro atoms. The van der Waals surface area contributed by atoms with E-state index in [0.29, 0.717) is 20.9 Å². The van der Waals surface area contributed by atoms with Crippen LogP contribution in [0.25, 0.3) is 6.08 Å². The molecule has 0 saturated heterocycles. The van der Waals surface area contributed by atoms with Gasteiger partial charge in [0.15, 0.2) is 0 Å². The summed E-state index contributed by atoms with van der Waals surface area (Å²) < 4.78 is 0. The van der Waals surface area contributed by atoms with Crippen LogP contribution in [-0.4, -0.2) is 10.7 Å². The summed E-state index contributed by atoms with van der Waals surface area (Å²) in [4.78, 5) is 26.8. The van der Waals surface area contributed by atoms with Gasteiger partial charge in [-0.15, -0.1) is 0 Å². The lowest BCUT2D eigenvalue weighted by molar-refractivity contribution is -0.387. The van der Waals surface area contributed by atoms with Crippen molar-refractivity contribution >= 4 is 41.1 Å². The molecular formula is C22H15NO3S2. The van der Waals surface area contributed by atoms with Crippen LogP contribution in [0.2, 0.25) is 0 Å². The summed E-state index contributed by atoms with van der Waals surface area (Å²) in [6, 6.07) is 20.4. The third-order valence-corrected chi connectivity index (χ3v) is 6.47. The number of hydrogen-bond acceptors (Lipinski definition) is 5. The second-order valence-electron chi connectivity index (χ2n) is 6.34. The average Bonchev–Trinajstić information content (AvgIpc) is 3.00. The van der Waals surface area contributed by atoms with E-state index in [4.69, 9.17) is 0 Å². The van der Waals surface area contributed by atoms with E-state index in [1.54, 1.807) is 18.2 Å². The maximum Gasteiger partial charge on any atom is 0.283 e. The minimum atomic E-state index is -0.378. The van der Waals surface area contributed by atoms with E-state index in [1.165, 1.54) is 29.6 Å². The SMILES string of the molecule is Cc1ccc(Sc2ccc(/C=C3/Sc4ccccc4C3=O)cc2[N+](=O)[O-])cc1. The highest BCUT2D eigenvalue weighted by Gasteiger charge is 2.25. The van der Waals surface area contributed by atoms with Crippen molar-refractivity contribution in [3.05, 3.63) is 98.4 Å². The van der Waals surface area contributed by atoms with Crippen LogP contribution in [0, 0.1) is 17.0 Å². The number of aryl methyl sites for hydroxylation is 1. The van der Waals surface area contributed by atoms with Gasteiger partial charge >= 0.3 is 0 Å². The zero-order valence-corrected chi connectivity index (χ0v) is 16.5. The summed E-state index contributed by atoms with van der Waals surface area (Å²) in [5.74, 6) is -0.0404. The maximum absolute atomic E-state index is 12.5. The summed E-state index contributed by atoms with van der Waals surface area (Å²) in [7, 11) is 0. The summed E-state index contributed by atoms with van der Waals surface area (Å²) in [5.41, 5.74) is 2.50. The van der Waals surface area contributed by atoms with Gasteiger partial charge in [0.1, 0.15) is 0 Å². The van der Waals surface area contributed by atoms with Crippen LogP contribution < -0.4 is 0 Å². The number of allylic oxidation sites excluding steroid dienone is 1. The smallest absolute Gasteiger partial charge is 0.283 e. The number of nitro benzene ring substituents is 1. The molecular weight excluding hydrogens is 390 g/mol. The highest BCUT2D eigenvalue weighted by atomic mass is 32.2. The lowest BCUT2D eigenvalue weighted by atomic mass is 10.1. The Morgan fingerprint density at radius 3 is 2.50 bits per heavy atom. The number of carbonyl (C=O) groups excluding carboxylic acids is 1. The number of thioether (sulfide) groups is 1. The Morgan fingerprint density at radius 1 is 1.04 bits per heavy atom. The minimum absolute atomic E-state index is 0.0351. The van der Waals surface area contributed by atoms with Crippen molar-refractivity contribution in [3.63, 3.8) is 0 Å². The Labute approximate surface area is 170 Å². The number of nitrogens with zero attached hydrogens (tertiary/aromatic N) is 1. The second-order valence-corrected chi connectivity index (χ2v) is 8.53. The molecule has 1 heterocycles. The predicted molar refractivity (Wildman–Crippen MR) is 113 cm³/mol. The third-order valence-electron chi connectivity index (χ3n) is 4.30. The number of hydrogen-bond donors (Lipinski definition) is 0. The molecule has 0 amide bonds. The van der Waals surface area contributed by atoms with Gasteiger partial charge in [-0.1, -0.05) is 59.4 Å². The van der Waals surface area contributed by atoms with Gasteiger partial charge in [0, 0.05) is 21.4 Å². The summed E-state index contributed by atoms with van der Waals surface area (Å²) in [6.45, 7) is 2.00. The molecule has 0 N–H and O–H groups in total. The largest absolute Gasteiger partial charge is 0.288 e. The van der Waals surface area contributed by atoms with Crippen LogP contribution in [0.1, 0.15) is 21.5 Å². The topological polar surface area (TPSA) is 60.2 Å². The van der Waals surface area contributed by atoms with Gasteiger partial charge in [0.05, 0.1) is 14.7 Å². The van der Waals surface area contributed by atoms with E-state index in [2.05, 4.69) is 0 Å².